The van der Waals surface area contributed by atoms with Gasteiger partial charge in [0.2, 0.25) is 0 Å². The second-order valence-corrected chi connectivity index (χ2v) is 5.37. The van der Waals surface area contributed by atoms with E-state index >= 15 is 0 Å². The highest BCUT2D eigenvalue weighted by molar-refractivity contribution is 5.68. The normalized spacial score (nSPS) is 19.7. The molecule has 1 fully saturated rings. The Balaban J connectivity index is 2.21. The molecular formula is C14H21N3O2. The van der Waals surface area contributed by atoms with Crippen LogP contribution >= 0.6 is 0 Å². The molecule has 5 heteroatoms. The summed E-state index contributed by atoms with van der Waals surface area (Å²) in [7, 11) is 0. The minimum atomic E-state index is -0.741. The summed E-state index contributed by atoms with van der Waals surface area (Å²) in [5.74, 6) is 1.22. The lowest BCUT2D eigenvalue weighted by Crippen LogP contribution is -2.41. The van der Waals surface area contributed by atoms with E-state index in [0.29, 0.717) is 0 Å². The van der Waals surface area contributed by atoms with Crippen LogP contribution in [0.3, 0.4) is 0 Å². The Kier molecular flexibility index (Phi) is 4.35. The van der Waals surface area contributed by atoms with E-state index < -0.39 is 5.97 Å². The van der Waals surface area contributed by atoms with Gasteiger partial charge in [-0.05, 0) is 25.3 Å². The maximum absolute atomic E-state index is 11.0. The summed E-state index contributed by atoms with van der Waals surface area (Å²) >= 11 is 0. The van der Waals surface area contributed by atoms with Gasteiger partial charge in [-0.25, -0.2) is 9.97 Å². The van der Waals surface area contributed by atoms with Gasteiger partial charge in [0.05, 0.1) is 6.42 Å². The van der Waals surface area contributed by atoms with Gasteiger partial charge in [-0.15, -0.1) is 0 Å². The molecule has 5 nitrogen and oxygen atoms in total. The van der Waals surface area contributed by atoms with Crippen molar-refractivity contribution >= 4 is 11.8 Å². The second kappa shape index (κ2) is 5.99. The Morgan fingerprint density at radius 1 is 1.53 bits per heavy atom. The van der Waals surface area contributed by atoms with E-state index in [1.54, 1.807) is 6.20 Å². The molecule has 1 aromatic rings. The molecule has 1 atom stereocenters. The van der Waals surface area contributed by atoms with Crippen LogP contribution in [0.2, 0.25) is 0 Å². The monoisotopic (exact) mass is 263 g/mol. The molecule has 0 saturated carbocycles. The van der Waals surface area contributed by atoms with Gasteiger partial charge in [0.15, 0.2) is 0 Å². The second-order valence-electron chi connectivity index (χ2n) is 5.37. The third-order valence-corrected chi connectivity index (χ3v) is 3.51. The van der Waals surface area contributed by atoms with Gasteiger partial charge in [-0.3, -0.25) is 4.79 Å². The van der Waals surface area contributed by atoms with Gasteiger partial charge < -0.3 is 10.0 Å². The van der Waals surface area contributed by atoms with Gasteiger partial charge >= 0.3 is 5.97 Å². The maximum Gasteiger partial charge on any atom is 0.305 e. The fourth-order valence-corrected chi connectivity index (χ4v) is 2.52. The molecule has 2 rings (SSSR count). The fourth-order valence-electron chi connectivity index (χ4n) is 2.52. The van der Waals surface area contributed by atoms with Crippen LogP contribution in [0.25, 0.3) is 0 Å². The first-order valence-electron chi connectivity index (χ1n) is 6.89. The van der Waals surface area contributed by atoms with E-state index in [9.17, 15) is 4.79 Å². The summed E-state index contributed by atoms with van der Waals surface area (Å²) in [4.78, 5) is 21.9. The molecule has 19 heavy (non-hydrogen) atoms. The molecule has 1 N–H and O–H groups in total. The van der Waals surface area contributed by atoms with E-state index in [-0.39, 0.29) is 18.4 Å². The van der Waals surface area contributed by atoms with Crippen LogP contribution in [0, 0.1) is 0 Å². The zero-order chi connectivity index (χ0) is 13.8. The van der Waals surface area contributed by atoms with Crippen LogP contribution < -0.4 is 4.90 Å². The van der Waals surface area contributed by atoms with Crippen molar-refractivity contribution in [2.24, 2.45) is 0 Å². The van der Waals surface area contributed by atoms with E-state index in [1.165, 1.54) is 0 Å². The van der Waals surface area contributed by atoms with E-state index in [1.807, 2.05) is 6.07 Å². The van der Waals surface area contributed by atoms with E-state index in [0.717, 1.165) is 37.4 Å². The standard InChI is InChI=1S/C14H21N3O2/c1-10(2)14-15-7-6-12(16-14)17-8-4-3-5-11(17)9-13(18)19/h6-7,10-11H,3-5,8-9H2,1-2H3,(H,18,19). The predicted octanol–water partition coefficient (Wildman–Crippen LogP) is 2.43. The molecule has 1 aliphatic rings. The molecular weight excluding hydrogens is 242 g/mol. The average Bonchev–Trinajstić information content (AvgIpc) is 2.39. The number of carbonyl (C=O) groups is 1. The maximum atomic E-state index is 11.0. The number of anilines is 1. The number of hydrogen-bond acceptors (Lipinski definition) is 4. The van der Waals surface area contributed by atoms with Crippen molar-refractivity contribution in [3.8, 4) is 0 Å². The first kappa shape index (κ1) is 13.8. The van der Waals surface area contributed by atoms with Crippen molar-refractivity contribution < 1.29 is 9.90 Å². The highest BCUT2D eigenvalue weighted by Crippen LogP contribution is 2.25. The number of carboxylic acids is 1. The molecule has 0 radical (unpaired) electrons. The Morgan fingerprint density at radius 3 is 3.00 bits per heavy atom. The minimum absolute atomic E-state index is 0.0566. The molecule has 0 bridgehead atoms. The van der Waals surface area contributed by atoms with Gasteiger partial charge in [-0.1, -0.05) is 13.8 Å². The smallest absolute Gasteiger partial charge is 0.305 e. The lowest BCUT2D eigenvalue weighted by atomic mass is 9.99. The molecule has 0 aromatic carbocycles. The Bertz CT molecular complexity index is 448. The molecule has 1 aliphatic heterocycles. The van der Waals surface area contributed by atoms with Gasteiger partial charge in [0.25, 0.3) is 0 Å². The molecule has 2 heterocycles. The quantitative estimate of drug-likeness (QED) is 0.903. The van der Waals surface area contributed by atoms with Crippen LogP contribution in [-0.2, 0) is 4.79 Å². The predicted molar refractivity (Wildman–Crippen MR) is 73.4 cm³/mol. The van der Waals surface area contributed by atoms with Crippen LogP contribution in [-0.4, -0.2) is 33.6 Å². The number of rotatable bonds is 4. The van der Waals surface area contributed by atoms with Crippen LogP contribution in [0.15, 0.2) is 12.3 Å². The van der Waals surface area contributed by atoms with Gasteiger partial charge in [0.1, 0.15) is 11.6 Å². The van der Waals surface area contributed by atoms with Gasteiger partial charge in [0, 0.05) is 24.7 Å². The summed E-state index contributed by atoms with van der Waals surface area (Å²) in [6.07, 6.45) is 5.06. The number of piperidine rings is 1. The number of aliphatic carboxylic acids is 1. The van der Waals surface area contributed by atoms with Crippen LogP contribution in [0.4, 0.5) is 5.82 Å². The fraction of sp³-hybridized carbons (Fsp3) is 0.643. The lowest BCUT2D eigenvalue weighted by molar-refractivity contribution is -0.137. The van der Waals surface area contributed by atoms with Crippen LogP contribution in [0.1, 0.15) is 51.3 Å². The third-order valence-electron chi connectivity index (χ3n) is 3.51. The topological polar surface area (TPSA) is 66.3 Å². The summed E-state index contributed by atoms with van der Waals surface area (Å²) in [5.41, 5.74) is 0. The largest absolute Gasteiger partial charge is 0.481 e. The Labute approximate surface area is 113 Å². The lowest BCUT2D eigenvalue weighted by Gasteiger charge is -2.36. The SMILES string of the molecule is CC(C)c1nccc(N2CCCCC2CC(=O)O)n1. The number of aromatic nitrogens is 2. The van der Waals surface area contributed by atoms with E-state index in [2.05, 4.69) is 28.7 Å². The average molecular weight is 263 g/mol. The zero-order valence-electron chi connectivity index (χ0n) is 11.5. The van der Waals surface area contributed by atoms with Gasteiger partial charge in [-0.2, -0.15) is 0 Å². The molecule has 0 spiro atoms. The summed E-state index contributed by atoms with van der Waals surface area (Å²) in [6, 6.07) is 1.94. The van der Waals surface area contributed by atoms with Crippen molar-refractivity contribution in [2.75, 3.05) is 11.4 Å². The first-order valence-corrected chi connectivity index (χ1v) is 6.89. The zero-order valence-corrected chi connectivity index (χ0v) is 11.5. The number of nitrogens with zero attached hydrogens (tertiary/aromatic N) is 3. The van der Waals surface area contributed by atoms with Crippen molar-refractivity contribution in [1.82, 2.24) is 9.97 Å². The molecule has 1 aromatic heterocycles. The molecule has 0 aliphatic carbocycles. The van der Waals surface area contributed by atoms with Crippen LogP contribution in [0.5, 0.6) is 0 Å². The first-order chi connectivity index (χ1) is 9.08. The minimum Gasteiger partial charge on any atom is -0.481 e. The summed E-state index contributed by atoms with van der Waals surface area (Å²) in [5, 5.41) is 9.01. The highest BCUT2D eigenvalue weighted by atomic mass is 16.4. The summed E-state index contributed by atoms with van der Waals surface area (Å²) in [6.45, 7) is 5.00. The van der Waals surface area contributed by atoms with E-state index in [4.69, 9.17) is 5.11 Å². The molecule has 1 unspecified atom stereocenters. The summed E-state index contributed by atoms with van der Waals surface area (Å²) < 4.78 is 0. The third kappa shape index (κ3) is 3.43. The number of hydrogen-bond donors (Lipinski definition) is 1. The highest BCUT2D eigenvalue weighted by Gasteiger charge is 2.26. The molecule has 1 saturated heterocycles. The van der Waals surface area contributed by atoms with Crippen molar-refractivity contribution in [2.45, 2.75) is 51.5 Å². The number of carboxylic acid groups (broad SMARTS) is 1. The molecule has 0 amide bonds. The Morgan fingerprint density at radius 2 is 2.32 bits per heavy atom. The molecule has 104 valence electrons. The van der Waals surface area contributed by atoms with Crippen molar-refractivity contribution in [3.05, 3.63) is 18.1 Å². The Hall–Kier alpha value is -1.65. The van der Waals surface area contributed by atoms with Crippen molar-refractivity contribution in [3.63, 3.8) is 0 Å². The van der Waals surface area contributed by atoms with Crippen molar-refractivity contribution in [1.29, 1.82) is 0 Å².